The lowest BCUT2D eigenvalue weighted by atomic mass is 10.1. The normalized spacial score (nSPS) is 10.7. The van der Waals surface area contributed by atoms with Crippen LogP contribution in [0.3, 0.4) is 0 Å². The molecule has 3 N–H and O–H groups in total. The standard InChI is InChI=1S/C29H26N4O4/c34-27(30-18-17-21-7-2-1-3-8-21)20-37-24-15-13-22(14-16-24)19-31-33-29(36)28(35)32-26-12-6-10-23-9-4-5-11-25(23)26/h1-16,19H,17-18,20H2,(H,30,34)(H,32,35)(H,33,36)/b31-19-. The van der Waals surface area contributed by atoms with Crippen LogP contribution >= 0.6 is 0 Å². The Balaban J connectivity index is 1.19. The van der Waals surface area contributed by atoms with Crippen molar-refractivity contribution in [2.45, 2.75) is 6.42 Å². The largest absolute Gasteiger partial charge is 0.484 e. The Bertz CT molecular complexity index is 1400. The van der Waals surface area contributed by atoms with Gasteiger partial charge in [-0.2, -0.15) is 5.10 Å². The maximum Gasteiger partial charge on any atom is 0.329 e. The van der Waals surface area contributed by atoms with Crippen molar-refractivity contribution in [3.8, 4) is 5.75 Å². The number of amides is 3. The van der Waals surface area contributed by atoms with E-state index < -0.39 is 11.8 Å². The first kappa shape index (κ1) is 25.1. The highest BCUT2D eigenvalue weighted by Crippen LogP contribution is 2.22. The molecule has 0 atom stereocenters. The third kappa shape index (κ3) is 7.50. The van der Waals surface area contributed by atoms with Gasteiger partial charge in [0.05, 0.1) is 6.21 Å². The maximum absolute atomic E-state index is 12.3. The average Bonchev–Trinajstić information content (AvgIpc) is 2.93. The van der Waals surface area contributed by atoms with Gasteiger partial charge in [-0.1, -0.05) is 66.7 Å². The summed E-state index contributed by atoms with van der Waals surface area (Å²) in [7, 11) is 0. The molecular formula is C29H26N4O4. The summed E-state index contributed by atoms with van der Waals surface area (Å²) in [5.74, 6) is -1.39. The summed E-state index contributed by atoms with van der Waals surface area (Å²) < 4.78 is 5.51. The molecule has 8 nitrogen and oxygen atoms in total. The molecule has 4 rings (SSSR count). The number of anilines is 1. The van der Waals surface area contributed by atoms with Gasteiger partial charge in [-0.25, -0.2) is 5.43 Å². The molecule has 0 aliphatic carbocycles. The number of hydrazone groups is 1. The van der Waals surface area contributed by atoms with E-state index in [0.717, 1.165) is 22.8 Å². The Labute approximate surface area is 214 Å². The van der Waals surface area contributed by atoms with Crippen molar-refractivity contribution < 1.29 is 19.1 Å². The number of carbonyl (C=O) groups is 3. The quantitative estimate of drug-likeness (QED) is 0.187. The van der Waals surface area contributed by atoms with Gasteiger partial charge in [0.25, 0.3) is 5.91 Å². The van der Waals surface area contributed by atoms with Gasteiger partial charge in [0.1, 0.15) is 5.75 Å². The third-order valence-electron chi connectivity index (χ3n) is 5.45. The van der Waals surface area contributed by atoms with Crippen LogP contribution in [0.4, 0.5) is 5.69 Å². The predicted octanol–water partition coefficient (Wildman–Crippen LogP) is 3.67. The van der Waals surface area contributed by atoms with Crippen LogP contribution in [0.1, 0.15) is 11.1 Å². The molecule has 0 aliphatic heterocycles. The lowest BCUT2D eigenvalue weighted by molar-refractivity contribution is -0.136. The van der Waals surface area contributed by atoms with Gasteiger partial charge in [0.2, 0.25) is 0 Å². The van der Waals surface area contributed by atoms with Crippen molar-refractivity contribution in [2.75, 3.05) is 18.5 Å². The topological polar surface area (TPSA) is 109 Å². The van der Waals surface area contributed by atoms with Crippen LogP contribution in [-0.2, 0) is 20.8 Å². The number of fused-ring (bicyclic) bond motifs is 1. The molecule has 0 radical (unpaired) electrons. The summed E-state index contributed by atoms with van der Waals surface area (Å²) in [5.41, 5.74) is 4.59. The summed E-state index contributed by atoms with van der Waals surface area (Å²) in [6, 6.07) is 29.7. The minimum Gasteiger partial charge on any atom is -0.484 e. The zero-order valence-corrected chi connectivity index (χ0v) is 20.0. The molecule has 0 aliphatic rings. The van der Waals surface area contributed by atoms with Crippen molar-refractivity contribution >= 4 is 40.4 Å². The van der Waals surface area contributed by atoms with Crippen LogP contribution in [0, 0.1) is 0 Å². The molecule has 0 bridgehead atoms. The van der Waals surface area contributed by atoms with E-state index in [1.165, 1.54) is 6.21 Å². The van der Waals surface area contributed by atoms with Crippen molar-refractivity contribution in [2.24, 2.45) is 5.10 Å². The molecule has 0 unspecified atom stereocenters. The van der Waals surface area contributed by atoms with E-state index in [2.05, 4.69) is 21.2 Å². The highest BCUT2D eigenvalue weighted by atomic mass is 16.5. The minimum atomic E-state index is -0.887. The number of nitrogens with zero attached hydrogens (tertiary/aromatic N) is 1. The molecule has 0 fully saturated rings. The second-order valence-electron chi connectivity index (χ2n) is 8.12. The van der Waals surface area contributed by atoms with Gasteiger partial charge in [0, 0.05) is 17.6 Å². The van der Waals surface area contributed by atoms with E-state index in [-0.39, 0.29) is 12.5 Å². The van der Waals surface area contributed by atoms with Crippen molar-refractivity contribution in [3.63, 3.8) is 0 Å². The Morgan fingerprint density at radius 3 is 2.32 bits per heavy atom. The number of hydrogen-bond acceptors (Lipinski definition) is 5. The number of ether oxygens (including phenoxy) is 1. The van der Waals surface area contributed by atoms with Gasteiger partial charge < -0.3 is 15.4 Å². The lowest BCUT2D eigenvalue weighted by Crippen LogP contribution is -2.32. The lowest BCUT2D eigenvalue weighted by Gasteiger charge is -2.08. The number of nitrogens with one attached hydrogen (secondary N) is 3. The van der Waals surface area contributed by atoms with Gasteiger partial charge in [0.15, 0.2) is 6.61 Å². The number of hydrogen-bond donors (Lipinski definition) is 3. The van der Waals surface area contributed by atoms with Crippen LogP contribution in [-0.4, -0.2) is 37.1 Å². The number of rotatable bonds is 9. The van der Waals surface area contributed by atoms with E-state index in [0.29, 0.717) is 23.5 Å². The van der Waals surface area contributed by atoms with Gasteiger partial charge in [-0.05, 0) is 53.3 Å². The summed E-state index contributed by atoms with van der Waals surface area (Å²) in [6.45, 7) is 0.442. The zero-order valence-electron chi connectivity index (χ0n) is 20.0. The van der Waals surface area contributed by atoms with E-state index in [4.69, 9.17) is 4.74 Å². The smallest absolute Gasteiger partial charge is 0.329 e. The van der Waals surface area contributed by atoms with Crippen LogP contribution in [0.25, 0.3) is 10.8 Å². The van der Waals surface area contributed by atoms with E-state index in [9.17, 15) is 14.4 Å². The first-order chi connectivity index (χ1) is 18.1. The summed E-state index contributed by atoms with van der Waals surface area (Å²) in [5, 5.41) is 11.1. The summed E-state index contributed by atoms with van der Waals surface area (Å²) >= 11 is 0. The maximum atomic E-state index is 12.3. The van der Waals surface area contributed by atoms with Gasteiger partial charge >= 0.3 is 11.8 Å². The Hall–Kier alpha value is -4.98. The molecule has 186 valence electrons. The molecule has 4 aromatic carbocycles. The summed E-state index contributed by atoms with van der Waals surface area (Å²) in [4.78, 5) is 36.4. The van der Waals surface area contributed by atoms with Crippen LogP contribution in [0.5, 0.6) is 5.75 Å². The molecule has 0 spiro atoms. The van der Waals surface area contributed by atoms with Gasteiger partial charge in [-0.15, -0.1) is 0 Å². The second kappa shape index (κ2) is 12.6. The van der Waals surface area contributed by atoms with E-state index in [1.807, 2.05) is 60.7 Å². The van der Waals surface area contributed by atoms with Crippen LogP contribution in [0.15, 0.2) is 102 Å². The molecule has 0 aromatic heterocycles. The highest BCUT2D eigenvalue weighted by Gasteiger charge is 2.14. The monoisotopic (exact) mass is 494 g/mol. The third-order valence-corrected chi connectivity index (χ3v) is 5.45. The molecule has 3 amide bonds. The number of benzene rings is 4. The fourth-order valence-corrected chi connectivity index (χ4v) is 3.57. The molecule has 4 aromatic rings. The van der Waals surface area contributed by atoms with E-state index in [1.54, 1.807) is 36.4 Å². The minimum absolute atomic E-state index is 0.0932. The fourth-order valence-electron chi connectivity index (χ4n) is 3.57. The molecular weight excluding hydrogens is 468 g/mol. The first-order valence-corrected chi connectivity index (χ1v) is 11.7. The Morgan fingerprint density at radius 1 is 0.784 bits per heavy atom. The summed E-state index contributed by atoms with van der Waals surface area (Å²) in [6.07, 6.45) is 2.16. The first-order valence-electron chi connectivity index (χ1n) is 11.7. The molecule has 8 heteroatoms. The predicted molar refractivity (Wildman–Crippen MR) is 143 cm³/mol. The van der Waals surface area contributed by atoms with Crippen LogP contribution in [0.2, 0.25) is 0 Å². The molecule has 0 saturated heterocycles. The second-order valence-corrected chi connectivity index (χ2v) is 8.12. The molecule has 0 saturated carbocycles. The molecule has 0 heterocycles. The van der Waals surface area contributed by atoms with Crippen molar-refractivity contribution in [3.05, 3.63) is 108 Å². The van der Waals surface area contributed by atoms with Crippen molar-refractivity contribution in [1.82, 2.24) is 10.7 Å². The Kier molecular flexibility index (Phi) is 8.59. The van der Waals surface area contributed by atoms with Crippen LogP contribution < -0.4 is 20.8 Å². The fraction of sp³-hybridized carbons (Fsp3) is 0.103. The highest BCUT2D eigenvalue weighted by molar-refractivity contribution is 6.40. The van der Waals surface area contributed by atoms with E-state index >= 15 is 0 Å². The molecule has 37 heavy (non-hydrogen) atoms. The SMILES string of the molecule is O=C(COc1ccc(/C=N\NC(=O)C(=O)Nc2cccc3ccccc23)cc1)NCCc1ccccc1. The van der Waals surface area contributed by atoms with Crippen molar-refractivity contribution in [1.29, 1.82) is 0 Å². The number of carbonyl (C=O) groups excluding carboxylic acids is 3. The average molecular weight is 495 g/mol. The zero-order chi connectivity index (χ0) is 25.9. The Morgan fingerprint density at radius 2 is 1.51 bits per heavy atom. The van der Waals surface area contributed by atoms with Gasteiger partial charge in [-0.3, -0.25) is 14.4 Å².